The minimum Gasteiger partial charge on any atom is -0.481 e. The number of hydrogen-bond acceptors (Lipinski definition) is 4. The minimum atomic E-state index is -0.667. The van der Waals surface area contributed by atoms with Gasteiger partial charge in [0.15, 0.2) is 5.13 Å². The number of anilines is 1. The summed E-state index contributed by atoms with van der Waals surface area (Å²) in [5.74, 6) is -0.854. The van der Waals surface area contributed by atoms with Gasteiger partial charge in [0.05, 0.1) is 16.1 Å². The molecule has 1 aliphatic rings. The number of carbonyl (C=O) groups is 1. The van der Waals surface area contributed by atoms with Gasteiger partial charge in [-0.25, -0.2) is 4.98 Å². The van der Waals surface area contributed by atoms with Crippen LogP contribution >= 0.6 is 11.3 Å². The van der Waals surface area contributed by atoms with Crippen molar-refractivity contribution in [2.45, 2.75) is 19.8 Å². The smallest absolute Gasteiger partial charge is 0.306 e. The van der Waals surface area contributed by atoms with Gasteiger partial charge in [-0.05, 0) is 37.5 Å². The van der Waals surface area contributed by atoms with Crippen molar-refractivity contribution in [3.8, 4) is 0 Å². The monoisotopic (exact) mass is 276 g/mol. The number of piperidine rings is 1. The molecule has 0 atom stereocenters. The SMILES string of the molecule is Cc1ccc2nc(N3CCC(C(=O)O)CC3)sc2c1. The molecular formula is C14H16N2O2S. The van der Waals surface area contributed by atoms with Crippen molar-refractivity contribution in [3.05, 3.63) is 23.8 Å². The number of aromatic nitrogens is 1. The highest BCUT2D eigenvalue weighted by Gasteiger charge is 2.25. The number of aliphatic carboxylic acids is 1. The summed E-state index contributed by atoms with van der Waals surface area (Å²) in [5.41, 5.74) is 2.28. The molecule has 0 amide bonds. The molecule has 1 fully saturated rings. The molecule has 0 saturated carbocycles. The predicted molar refractivity (Wildman–Crippen MR) is 76.9 cm³/mol. The van der Waals surface area contributed by atoms with E-state index in [-0.39, 0.29) is 5.92 Å². The maximum absolute atomic E-state index is 10.9. The van der Waals surface area contributed by atoms with E-state index < -0.39 is 5.97 Å². The van der Waals surface area contributed by atoms with E-state index in [1.807, 2.05) is 0 Å². The fourth-order valence-corrected chi connectivity index (χ4v) is 3.59. The van der Waals surface area contributed by atoms with Crippen LogP contribution in [0.2, 0.25) is 0 Å². The molecule has 1 saturated heterocycles. The standard InChI is InChI=1S/C14H16N2O2S/c1-9-2-3-11-12(8-9)19-14(15-11)16-6-4-10(5-7-16)13(17)18/h2-3,8,10H,4-7H2,1H3,(H,17,18). The van der Waals surface area contributed by atoms with Crippen molar-refractivity contribution in [1.82, 2.24) is 4.98 Å². The van der Waals surface area contributed by atoms with Gasteiger partial charge in [0, 0.05) is 13.1 Å². The summed E-state index contributed by atoms with van der Waals surface area (Å²) in [6.07, 6.45) is 1.43. The zero-order chi connectivity index (χ0) is 13.4. The fraction of sp³-hybridized carbons (Fsp3) is 0.429. The first-order chi connectivity index (χ1) is 9.13. The Balaban J connectivity index is 1.80. The summed E-state index contributed by atoms with van der Waals surface area (Å²) in [5, 5.41) is 10.0. The fourth-order valence-electron chi connectivity index (χ4n) is 2.47. The van der Waals surface area contributed by atoms with Crippen molar-refractivity contribution in [2.24, 2.45) is 5.92 Å². The van der Waals surface area contributed by atoms with Crippen LogP contribution in [0.3, 0.4) is 0 Å². The number of nitrogens with zero attached hydrogens (tertiary/aromatic N) is 2. The van der Waals surface area contributed by atoms with Gasteiger partial charge >= 0.3 is 5.97 Å². The van der Waals surface area contributed by atoms with Crippen molar-refractivity contribution in [2.75, 3.05) is 18.0 Å². The van der Waals surface area contributed by atoms with E-state index in [9.17, 15) is 4.79 Å². The topological polar surface area (TPSA) is 53.4 Å². The molecule has 1 aliphatic heterocycles. The Bertz CT molecular complexity index is 615. The van der Waals surface area contributed by atoms with Gasteiger partial charge in [-0.3, -0.25) is 4.79 Å². The molecule has 3 rings (SSSR count). The molecule has 0 bridgehead atoms. The van der Waals surface area contributed by atoms with Crippen LogP contribution in [-0.2, 0) is 4.79 Å². The zero-order valence-corrected chi connectivity index (χ0v) is 11.6. The van der Waals surface area contributed by atoms with Crippen LogP contribution in [0.5, 0.6) is 0 Å². The van der Waals surface area contributed by atoms with E-state index in [1.165, 1.54) is 10.3 Å². The number of benzene rings is 1. The number of rotatable bonds is 2. The molecule has 2 heterocycles. The summed E-state index contributed by atoms with van der Waals surface area (Å²) in [6, 6.07) is 6.28. The van der Waals surface area contributed by atoms with Gasteiger partial charge < -0.3 is 10.0 Å². The maximum Gasteiger partial charge on any atom is 0.306 e. The zero-order valence-electron chi connectivity index (χ0n) is 10.8. The first-order valence-corrected chi connectivity index (χ1v) is 7.30. The highest BCUT2D eigenvalue weighted by Crippen LogP contribution is 2.31. The molecule has 1 aromatic carbocycles. The lowest BCUT2D eigenvalue weighted by atomic mass is 9.98. The van der Waals surface area contributed by atoms with Gasteiger partial charge in [-0.15, -0.1) is 0 Å². The number of hydrogen-bond donors (Lipinski definition) is 1. The summed E-state index contributed by atoms with van der Waals surface area (Å²) in [6.45, 7) is 3.66. The Morgan fingerprint density at radius 2 is 2.16 bits per heavy atom. The van der Waals surface area contributed by atoms with E-state index in [4.69, 9.17) is 5.11 Å². The number of aryl methyl sites for hydroxylation is 1. The van der Waals surface area contributed by atoms with Crippen molar-refractivity contribution < 1.29 is 9.90 Å². The van der Waals surface area contributed by atoms with Crippen molar-refractivity contribution in [3.63, 3.8) is 0 Å². The molecule has 0 unspecified atom stereocenters. The van der Waals surface area contributed by atoms with Crippen LogP contribution in [0.15, 0.2) is 18.2 Å². The number of carboxylic acid groups (broad SMARTS) is 1. The third-order valence-electron chi connectivity index (χ3n) is 3.65. The van der Waals surface area contributed by atoms with Gasteiger partial charge in [0.1, 0.15) is 0 Å². The lowest BCUT2D eigenvalue weighted by Gasteiger charge is -2.29. The van der Waals surface area contributed by atoms with E-state index >= 15 is 0 Å². The Morgan fingerprint density at radius 3 is 2.84 bits per heavy atom. The van der Waals surface area contributed by atoms with Crippen LogP contribution in [-0.4, -0.2) is 29.1 Å². The van der Waals surface area contributed by atoms with Crippen LogP contribution in [0.4, 0.5) is 5.13 Å². The first-order valence-electron chi connectivity index (χ1n) is 6.48. The second kappa shape index (κ2) is 4.81. The average molecular weight is 276 g/mol. The highest BCUT2D eigenvalue weighted by molar-refractivity contribution is 7.22. The summed E-state index contributed by atoms with van der Waals surface area (Å²) < 4.78 is 1.20. The van der Waals surface area contributed by atoms with E-state index in [2.05, 4.69) is 35.0 Å². The van der Waals surface area contributed by atoms with Gasteiger partial charge in [0.2, 0.25) is 0 Å². The number of thiazole rings is 1. The first kappa shape index (κ1) is 12.4. The number of fused-ring (bicyclic) bond motifs is 1. The second-order valence-corrected chi connectivity index (χ2v) is 6.08. The lowest BCUT2D eigenvalue weighted by Crippen LogP contribution is -2.36. The average Bonchev–Trinajstić information content (AvgIpc) is 2.81. The largest absolute Gasteiger partial charge is 0.481 e. The van der Waals surface area contributed by atoms with Crippen molar-refractivity contribution >= 4 is 32.7 Å². The quantitative estimate of drug-likeness (QED) is 0.916. The van der Waals surface area contributed by atoms with Crippen LogP contribution in [0.25, 0.3) is 10.2 Å². The Kier molecular flexibility index (Phi) is 3.14. The second-order valence-electron chi connectivity index (χ2n) is 5.07. The third-order valence-corrected chi connectivity index (χ3v) is 4.73. The van der Waals surface area contributed by atoms with E-state index in [0.29, 0.717) is 12.8 Å². The molecule has 0 spiro atoms. The molecule has 0 radical (unpaired) electrons. The molecule has 19 heavy (non-hydrogen) atoms. The van der Waals surface area contributed by atoms with E-state index in [0.717, 1.165) is 23.7 Å². The summed E-state index contributed by atoms with van der Waals surface area (Å²) >= 11 is 1.69. The Hall–Kier alpha value is -1.62. The molecule has 2 aromatic rings. The van der Waals surface area contributed by atoms with Crippen LogP contribution in [0.1, 0.15) is 18.4 Å². The number of carboxylic acids is 1. The van der Waals surface area contributed by atoms with E-state index in [1.54, 1.807) is 11.3 Å². The van der Waals surface area contributed by atoms with Crippen molar-refractivity contribution in [1.29, 1.82) is 0 Å². The summed E-state index contributed by atoms with van der Waals surface area (Å²) in [7, 11) is 0. The third kappa shape index (κ3) is 2.42. The normalized spacial score (nSPS) is 17.0. The molecule has 1 N–H and O–H groups in total. The predicted octanol–water partition coefficient (Wildman–Crippen LogP) is 2.91. The molecule has 4 nitrogen and oxygen atoms in total. The molecule has 0 aliphatic carbocycles. The highest BCUT2D eigenvalue weighted by atomic mass is 32.1. The van der Waals surface area contributed by atoms with Gasteiger partial charge in [-0.1, -0.05) is 17.4 Å². The van der Waals surface area contributed by atoms with Gasteiger partial charge in [0.25, 0.3) is 0 Å². The Morgan fingerprint density at radius 1 is 1.42 bits per heavy atom. The van der Waals surface area contributed by atoms with Gasteiger partial charge in [-0.2, -0.15) is 0 Å². The Labute approximate surface area is 115 Å². The summed E-state index contributed by atoms with van der Waals surface area (Å²) in [4.78, 5) is 17.8. The maximum atomic E-state index is 10.9. The lowest BCUT2D eigenvalue weighted by molar-refractivity contribution is -0.142. The van der Waals surface area contributed by atoms with Crippen LogP contribution in [0, 0.1) is 12.8 Å². The molecule has 5 heteroatoms. The van der Waals surface area contributed by atoms with Crippen LogP contribution < -0.4 is 4.90 Å². The molecule has 1 aromatic heterocycles. The molecule has 100 valence electrons. The molecular weight excluding hydrogens is 260 g/mol. The minimum absolute atomic E-state index is 0.187.